The molecule has 100 valence electrons. The average Bonchev–Trinajstić information content (AvgIpc) is 2.41. The molecule has 4 atom stereocenters. The van der Waals surface area contributed by atoms with E-state index in [1.54, 1.807) is 0 Å². The minimum atomic E-state index is 0.214. The fourth-order valence-corrected chi connectivity index (χ4v) is 4.25. The van der Waals surface area contributed by atoms with Crippen LogP contribution in [0.3, 0.4) is 0 Å². The first-order valence-electron chi connectivity index (χ1n) is 7.09. The Balaban J connectivity index is 2.08. The summed E-state index contributed by atoms with van der Waals surface area (Å²) in [5.74, 6) is 2.69. The highest BCUT2D eigenvalue weighted by Gasteiger charge is 2.30. The van der Waals surface area contributed by atoms with Crippen LogP contribution >= 0.6 is 11.8 Å². The predicted octanol–water partition coefficient (Wildman–Crippen LogP) is 4.34. The van der Waals surface area contributed by atoms with Gasteiger partial charge in [0.2, 0.25) is 0 Å². The van der Waals surface area contributed by atoms with Crippen molar-refractivity contribution in [2.75, 3.05) is 5.75 Å². The van der Waals surface area contributed by atoms with E-state index in [0.29, 0.717) is 11.2 Å². The van der Waals surface area contributed by atoms with Gasteiger partial charge < -0.3 is 5.73 Å². The van der Waals surface area contributed by atoms with Crippen LogP contribution in [0.5, 0.6) is 0 Å². The van der Waals surface area contributed by atoms with Crippen molar-refractivity contribution in [2.24, 2.45) is 11.7 Å². The van der Waals surface area contributed by atoms with Crippen LogP contribution in [0.2, 0.25) is 0 Å². The molecule has 1 nitrogen and oxygen atoms in total. The van der Waals surface area contributed by atoms with E-state index < -0.39 is 0 Å². The second kappa shape index (κ2) is 6.12. The summed E-state index contributed by atoms with van der Waals surface area (Å²) in [6.07, 6.45) is 2.49. The van der Waals surface area contributed by atoms with E-state index in [4.69, 9.17) is 5.73 Å². The minimum absolute atomic E-state index is 0.214. The lowest BCUT2D eigenvalue weighted by Crippen LogP contribution is -2.31. The average molecular weight is 263 g/mol. The number of hydrogen-bond acceptors (Lipinski definition) is 2. The van der Waals surface area contributed by atoms with E-state index in [0.717, 1.165) is 5.92 Å². The lowest BCUT2D eigenvalue weighted by molar-refractivity contribution is 0.525. The van der Waals surface area contributed by atoms with Crippen molar-refractivity contribution in [2.45, 2.75) is 50.8 Å². The van der Waals surface area contributed by atoms with Crippen molar-refractivity contribution in [3.8, 4) is 0 Å². The van der Waals surface area contributed by atoms with Gasteiger partial charge in [0.25, 0.3) is 0 Å². The van der Waals surface area contributed by atoms with Crippen molar-refractivity contribution in [1.82, 2.24) is 0 Å². The fraction of sp³-hybridized carbons (Fsp3) is 0.625. The number of thioether (sulfide) groups is 1. The van der Waals surface area contributed by atoms with Crippen LogP contribution in [0.1, 0.15) is 56.7 Å². The van der Waals surface area contributed by atoms with E-state index in [1.807, 2.05) is 0 Å². The van der Waals surface area contributed by atoms with Gasteiger partial charge in [0.1, 0.15) is 0 Å². The maximum absolute atomic E-state index is 6.46. The predicted molar refractivity (Wildman–Crippen MR) is 82.1 cm³/mol. The Morgan fingerprint density at radius 2 is 2.00 bits per heavy atom. The Hall–Kier alpha value is -0.470. The van der Waals surface area contributed by atoms with E-state index in [-0.39, 0.29) is 6.04 Å². The first-order chi connectivity index (χ1) is 8.63. The monoisotopic (exact) mass is 263 g/mol. The van der Waals surface area contributed by atoms with Gasteiger partial charge in [-0.2, -0.15) is 11.8 Å². The Bertz CT molecular complexity index is 390. The van der Waals surface area contributed by atoms with Crippen LogP contribution < -0.4 is 5.73 Å². The van der Waals surface area contributed by atoms with Gasteiger partial charge in [-0.25, -0.2) is 0 Å². The maximum atomic E-state index is 6.46. The zero-order valence-electron chi connectivity index (χ0n) is 11.7. The Morgan fingerprint density at radius 1 is 1.33 bits per heavy atom. The first-order valence-corrected chi connectivity index (χ1v) is 8.14. The van der Waals surface area contributed by atoms with Crippen molar-refractivity contribution < 1.29 is 0 Å². The van der Waals surface area contributed by atoms with Crippen LogP contribution in [-0.4, -0.2) is 11.0 Å². The van der Waals surface area contributed by atoms with Gasteiger partial charge in [-0.15, -0.1) is 0 Å². The molecule has 0 amide bonds. The van der Waals surface area contributed by atoms with Crippen molar-refractivity contribution in [3.05, 3.63) is 35.4 Å². The lowest BCUT2D eigenvalue weighted by Gasteiger charge is -2.35. The van der Waals surface area contributed by atoms with Crippen LogP contribution in [0.4, 0.5) is 0 Å². The molecule has 2 rings (SSSR count). The standard InChI is InChI=1S/C16H25NS/c1-4-11(2)10-18-15-9-12(3)13-7-5-6-8-14(13)16(15)17/h5-8,11-12,15-16H,4,9-10,17H2,1-3H3. The number of fused-ring (bicyclic) bond motifs is 1. The highest BCUT2D eigenvalue weighted by molar-refractivity contribution is 7.99. The quantitative estimate of drug-likeness (QED) is 0.874. The molecule has 0 fully saturated rings. The third-order valence-electron chi connectivity index (χ3n) is 4.16. The van der Waals surface area contributed by atoms with Crippen molar-refractivity contribution in [3.63, 3.8) is 0 Å². The van der Waals surface area contributed by atoms with E-state index in [9.17, 15) is 0 Å². The molecule has 0 radical (unpaired) electrons. The molecule has 1 aliphatic rings. The van der Waals surface area contributed by atoms with Crippen molar-refractivity contribution >= 4 is 11.8 Å². The number of hydrogen-bond donors (Lipinski definition) is 1. The highest BCUT2D eigenvalue weighted by atomic mass is 32.2. The van der Waals surface area contributed by atoms with Gasteiger partial charge in [-0.3, -0.25) is 0 Å². The summed E-state index contributed by atoms with van der Waals surface area (Å²) in [7, 11) is 0. The number of rotatable bonds is 4. The molecule has 0 saturated carbocycles. The molecule has 1 aliphatic carbocycles. The summed E-state index contributed by atoms with van der Waals surface area (Å²) in [5.41, 5.74) is 9.30. The van der Waals surface area contributed by atoms with E-state index >= 15 is 0 Å². The maximum Gasteiger partial charge on any atom is 0.0418 e. The largest absolute Gasteiger partial charge is 0.323 e. The molecule has 1 aromatic carbocycles. The fourth-order valence-electron chi connectivity index (χ4n) is 2.66. The van der Waals surface area contributed by atoms with E-state index in [2.05, 4.69) is 56.8 Å². The summed E-state index contributed by atoms with van der Waals surface area (Å²) in [4.78, 5) is 0. The van der Waals surface area contributed by atoms with Crippen LogP contribution in [0.15, 0.2) is 24.3 Å². The summed E-state index contributed by atoms with van der Waals surface area (Å²) in [5, 5.41) is 0.587. The third-order valence-corrected chi connectivity index (χ3v) is 5.84. The molecule has 0 aliphatic heterocycles. The molecule has 4 unspecified atom stereocenters. The van der Waals surface area contributed by atoms with Gasteiger partial charge in [0.15, 0.2) is 0 Å². The number of benzene rings is 1. The Morgan fingerprint density at radius 3 is 2.67 bits per heavy atom. The molecule has 0 bridgehead atoms. The van der Waals surface area contributed by atoms with Gasteiger partial charge in [0.05, 0.1) is 0 Å². The molecular weight excluding hydrogens is 238 g/mol. The lowest BCUT2D eigenvalue weighted by atomic mass is 9.81. The summed E-state index contributed by atoms with van der Waals surface area (Å²) in [6, 6.07) is 8.93. The van der Waals surface area contributed by atoms with E-state index in [1.165, 1.54) is 29.7 Å². The van der Waals surface area contributed by atoms with Gasteiger partial charge in [-0.1, -0.05) is 51.5 Å². The smallest absolute Gasteiger partial charge is 0.0418 e. The summed E-state index contributed by atoms with van der Waals surface area (Å²) < 4.78 is 0. The normalized spacial score (nSPS) is 28.8. The second-order valence-corrected chi connectivity index (χ2v) is 6.95. The first kappa shape index (κ1) is 14.0. The van der Waals surface area contributed by atoms with Crippen LogP contribution in [0.25, 0.3) is 0 Å². The summed E-state index contributed by atoms with van der Waals surface area (Å²) in [6.45, 7) is 6.93. The molecule has 0 saturated heterocycles. The summed E-state index contributed by atoms with van der Waals surface area (Å²) >= 11 is 2.08. The SMILES string of the molecule is CCC(C)CSC1CC(C)c2ccccc2C1N. The zero-order valence-corrected chi connectivity index (χ0v) is 12.5. The van der Waals surface area contributed by atoms with Gasteiger partial charge in [0, 0.05) is 11.3 Å². The molecule has 0 heterocycles. The Labute approximate surface area is 116 Å². The highest BCUT2D eigenvalue weighted by Crippen LogP contribution is 2.41. The van der Waals surface area contributed by atoms with Crippen LogP contribution in [-0.2, 0) is 0 Å². The molecule has 2 heteroatoms. The molecule has 1 aromatic rings. The molecule has 18 heavy (non-hydrogen) atoms. The van der Waals surface area contributed by atoms with Crippen molar-refractivity contribution in [1.29, 1.82) is 0 Å². The Kier molecular flexibility index (Phi) is 4.74. The number of nitrogens with two attached hydrogens (primary N) is 1. The van der Waals surface area contributed by atoms with Crippen LogP contribution in [0, 0.1) is 5.92 Å². The molecule has 0 spiro atoms. The molecular formula is C16H25NS. The molecule has 0 aromatic heterocycles. The zero-order chi connectivity index (χ0) is 13.1. The van der Waals surface area contributed by atoms with Gasteiger partial charge >= 0.3 is 0 Å². The third kappa shape index (κ3) is 2.92. The minimum Gasteiger partial charge on any atom is -0.323 e. The molecule has 2 N–H and O–H groups in total. The van der Waals surface area contributed by atoms with Gasteiger partial charge in [-0.05, 0) is 35.1 Å². The topological polar surface area (TPSA) is 26.0 Å². The second-order valence-electron chi connectivity index (χ2n) is 5.68.